The Morgan fingerprint density at radius 3 is 2.95 bits per heavy atom. The first-order chi connectivity index (χ1) is 10.7. The second-order valence-corrected chi connectivity index (χ2v) is 4.99. The number of carbonyl (C=O) groups is 1. The summed E-state index contributed by atoms with van der Waals surface area (Å²) in [7, 11) is 1.57. The number of fused-ring (bicyclic) bond motifs is 1. The van der Waals surface area contributed by atoms with Crippen molar-refractivity contribution in [1.82, 2.24) is 0 Å². The Morgan fingerprint density at radius 2 is 2.14 bits per heavy atom. The third kappa shape index (κ3) is 2.74. The van der Waals surface area contributed by atoms with Gasteiger partial charge in [-0.25, -0.2) is 4.39 Å². The van der Waals surface area contributed by atoms with Crippen molar-refractivity contribution >= 4 is 11.6 Å². The lowest BCUT2D eigenvalue weighted by Gasteiger charge is -2.29. The Bertz CT molecular complexity index is 702. The molecule has 0 radical (unpaired) electrons. The number of rotatable bonds is 3. The lowest BCUT2D eigenvalue weighted by molar-refractivity contribution is -0.118. The van der Waals surface area contributed by atoms with Gasteiger partial charge in [-0.1, -0.05) is 18.2 Å². The van der Waals surface area contributed by atoms with Crippen molar-refractivity contribution in [2.45, 2.75) is 6.42 Å². The molecule has 1 amide bonds. The Kier molecular flexibility index (Phi) is 3.96. The van der Waals surface area contributed by atoms with Crippen molar-refractivity contribution in [3.05, 3.63) is 53.8 Å². The molecule has 0 N–H and O–H groups in total. The number of nitrogens with zero attached hydrogens (tertiary/aromatic N) is 1. The zero-order valence-electron chi connectivity index (χ0n) is 12.2. The van der Waals surface area contributed by atoms with Crippen LogP contribution in [0.3, 0.4) is 0 Å². The molecule has 1 heterocycles. The molecule has 3 rings (SSSR count). The summed E-state index contributed by atoms with van der Waals surface area (Å²) in [5.74, 6) is 0.698. The van der Waals surface area contributed by atoms with Crippen molar-refractivity contribution < 1.29 is 18.7 Å². The molecule has 0 atom stereocenters. The van der Waals surface area contributed by atoms with Gasteiger partial charge in [0.25, 0.3) is 0 Å². The maximum Gasteiger partial charge on any atom is 0.231 e. The Hall–Kier alpha value is -2.56. The molecule has 0 aliphatic carbocycles. The Labute approximate surface area is 128 Å². The topological polar surface area (TPSA) is 38.8 Å². The molecular formula is C17H16FNO3. The van der Waals surface area contributed by atoms with Gasteiger partial charge in [0.05, 0.1) is 25.8 Å². The SMILES string of the molecule is COc1ccccc1CC(=O)N1CCOc2ccc(F)cc21. The van der Waals surface area contributed by atoms with Gasteiger partial charge in [0.1, 0.15) is 23.9 Å². The third-order valence-corrected chi connectivity index (χ3v) is 3.62. The highest BCUT2D eigenvalue weighted by atomic mass is 19.1. The number of halogens is 1. The normalized spacial score (nSPS) is 13.3. The molecule has 1 aliphatic rings. The van der Waals surface area contributed by atoms with Crippen LogP contribution in [0.25, 0.3) is 0 Å². The minimum atomic E-state index is -0.389. The lowest BCUT2D eigenvalue weighted by Crippen LogP contribution is -2.39. The van der Waals surface area contributed by atoms with E-state index in [1.165, 1.54) is 12.1 Å². The summed E-state index contributed by atoms with van der Waals surface area (Å²) >= 11 is 0. The zero-order valence-corrected chi connectivity index (χ0v) is 12.2. The highest BCUT2D eigenvalue weighted by Gasteiger charge is 2.24. The predicted molar refractivity (Wildman–Crippen MR) is 80.9 cm³/mol. The molecule has 22 heavy (non-hydrogen) atoms. The van der Waals surface area contributed by atoms with E-state index in [4.69, 9.17) is 9.47 Å². The molecule has 0 saturated heterocycles. The van der Waals surface area contributed by atoms with Gasteiger partial charge in [0.2, 0.25) is 5.91 Å². The molecule has 2 aromatic rings. The minimum Gasteiger partial charge on any atom is -0.496 e. The molecular weight excluding hydrogens is 285 g/mol. The molecule has 4 nitrogen and oxygen atoms in total. The fourth-order valence-electron chi connectivity index (χ4n) is 2.56. The van der Waals surface area contributed by atoms with Gasteiger partial charge < -0.3 is 14.4 Å². The summed E-state index contributed by atoms with van der Waals surface area (Å²) < 4.78 is 24.2. The summed E-state index contributed by atoms with van der Waals surface area (Å²) in [4.78, 5) is 14.2. The van der Waals surface area contributed by atoms with Crippen molar-refractivity contribution in [1.29, 1.82) is 0 Å². The number of hydrogen-bond donors (Lipinski definition) is 0. The highest BCUT2D eigenvalue weighted by Crippen LogP contribution is 2.33. The van der Waals surface area contributed by atoms with Crippen LogP contribution in [0, 0.1) is 5.82 Å². The predicted octanol–water partition coefficient (Wildman–Crippen LogP) is 2.80. The van der Waals surface area contributed by atoms with Crippen LogP contribution in [0.1, 0.15) is 5.56 Å². The van der Waals surface area contributed by atoms with E-state index >= 15 is 0 Å². The monoisotopic (exact) mass is 301 g/mol. The maximum atomic E-state index is 13.5. The summed E-state index contributed by atoms with van der Waals surface area (Å²) in [5, 5.41) is 0. The number of ether oxygens (including phenoxy) is 2. The van der Waals surface area contributed by atoms with E-state index in [0.717, 1.165) is 5.56 Å². The standard InChI is InChI=1S/C17H16FNO3/c1-21-15-5-3-2-4-12(15)10-17(20)19-8-9-22-16-7-6-13(18)11-14(16)19/h2-7,11H,8-10H2,1H3. The summed E-state index contributed by atoms with van der Waals surface area (Å²) in [6.07, 6.45) is 0.194. The first-order valence-corrected chi connectivity index (χ1v) is 7.03. The molecule has 1 aliphatic heterocycles. The van der Waals surface area contributed by atoms with Crippen LogP contribution >= 0.6 is 0 Å². The van der Waals surface area contributed by atoms with E-state index in [9.17, 15) is 9.18 Å². The molecule has 0 unspecified atom stereocenters. The Morgan fingerprint density at radius 1 is 1.32 bits per heavy atom. The smallest absolute Gasteiger partial charge is 0.231 e. The average molecular weight is 301 g/mol. The number of amides is 1. The fourth-order valence-corrected chi connectivity index (χ4v) is 2.56. The third-order valence-electron chi connectivity index (χ3n) is 3.62. The van der Waals surface area contributed by atoms with Gasteiger partial charge in [-0.05, 0) is 18.2 Å². The van der Waals surface area contributed by atoms with E-state index in [1.807, 2.05) is 24.3 Å². The van der Waals surface area contributed by atoms with E-state index in [1.54, 1.807) is 18.1 Å². The Balaban J connectivity index is 1.86. The quantitative estimate of drug-likeness (QED) is 0.875. The van der Waals surface area contributed by atoms with E-state index in [-0.39, 0.29) is 18.1 Å². The summed E-state index contributed by atoms with van der Waals surface area (Å²) in [5.41, 5.74) is 1.28. The molecule has 114 valence electrons. The molecule has 0 saturated carbocycles. The van der Waals surface area contributed by atoms with Crippen LogP contribution in [-0.2, 0) is 11.2 Å². The number of benzene rings is 2. The van der Waals surface area contributed by atoms with E-state index < -0.39 is 0 Å². The van der Waals surface area contributed by atoms with Crippen LogP contribution in [0.4, 0.5) is 10.1 Å². The van der Waals surface area contributed by atoms with Crippen molar-refractivity contribution in [2.75, 3.05) is 25.2 Å². The lowest BCUT2D eigenvalue weighted by atomic mass is 10.1. The molecule has 2 aromatic carbocycles. The molecule has 5 heteroatoms. The van der Waals surface area contributed by atoms with Crippen LogP contribution in [0.5, 0.6) is 11.5 Å². The zero-order chi connectivity index (χ0) is 15.5. The van der Waals surface area contributed by atoms with Gasteiger partial charge in [-0.3, -0.25) is 4.79 Å². The van der Waals surface area contributed by atoms with Crippen LogP contribution in [0.2, 0.25) is 0 Å². The highest BCUT2D eigenvalue weighted by molar-refractivity contribution is 5.96. The van der Waals surface area contributed by atoms with Crippen LogP contribution in [0.15, 0.2) is 42.5 Å². The van der Waals surface area contributed by atoms with Crippen molar-refractivity contribution in [3.8, 4) is 11.5 Å². The van der Waals surface area contributed by atoms with Gasteiger partial charge in [-0.2, -0.15) is 0 Å². The van der Waals surface area contributed by atoms with Gasteiger partial charge in [-0.15, -0.1) is 0 Å². The van der Waals surface area contributed by atoms with Gasteiger partial charge in [0.15, 0.2) is 0 Å². The summed E-state index contributed by atoms with van der Waals surface area (Å²) in [6, 6.07) is 11.6. The molecule has 0 fully saturated rings. The van der Waals surface area contributed by atoms with Crippen LogP contribution < -0.4 is 14.4 Å². The molecule has 0 aromatic heterocycles. The second kappa shape index (κ2) is 6.05. The van der Waals surface area contributed by atoms with Crippen LogP contribution in [-0.4, -0.2) is 26.2 Å². The molecule has 0 spiro atoms. The average Bonchev–Trinajstić information content (AvgIpc) is 2.54. The summed E-state index contributed by atoms with van der Waals surface area (Å²) in [6.45, 7) is 0.806. The minimum absolute atomic E-state index is 0.111. The first-order valence-electron chi connectivity index (χ1n) is 7.03. The van der Waals surface area contributed by atoms with Gasteiger partial charge in [0, 0.05) is 11.6 Å². The van der Waals surface area contributed by atoms with Gasteiger partial charge >= 0.3 is 0 Å². The van der Waals surface area contributed by atoms with E-state index in [0.29, 0.717) is 30.3 Å². The largest absolute Gasteiger partial charge is 0.496 e. The number of para-hydroxylation sites is 1. The molecule has 0 bridgehead atoms. The number of anilines is 1. The number of hydrogen-bond acceptors (Lipinski definition) is 3. The maximum absolute atomic E-state index is 13.5. The second-order valence-electron chi connectivity index (χ2n) is 4.99. The fraction of sp³-hybridized carbons (Fsp3) is 0.235. The van der Waals surface area contributed by atoms with E-state index in [2.05, 4.69) is 0 Å². The van der Waals surface area contributed by atoms with Crippen molar-refractivity contribution in [3.63, 3.8) is 0 Å². The first kappa shape index (κ1) is 14.4. The number of methoxy groups -OCH3 is 1. The van der Waals surface area contributed by atoms with Crippen molar-refractivity contribution in [2.24, 2.45) is 0 Å². The number of carbonyl (C=O) groups excluding carboxylic acids is 1.